The Bertz CT molecular complexity index is 794. The summed E-state index contributed by atoms with van der Waals surface area (Å²) in [6.07, 6.45) is 6.07. The fourth-order valence-electron chi connectivity index (χ4n) is 2.84. The van der Waals surface area contributed by atoms with E-state index in [0.29, 0.717) is 18.9 Å². The Morgan fingerprint density at radius 3 is 2.53 bits per heavy atom. The number of rotatable bonds is 10. The van der Waals surface area contributed by atoms with Crippen molar-refractivity contribution in [3.63, 3.8) is 0 Å². The van der Waals surface area contributed by atoms with E-state index in [1.165, 1.54) is 0 Å². The molecule has 0 aliphatic carbocycles. The molecule has 2 N–H and O–H groups in total. The van der Waals surface area contributed by atoms with Crippen molar-refractivity contribution < 1.29 is 13.9 Å². The molecular weight excluding hydrogens is 380 g/mol. The van der Waals surface area contributed by atoms with E-state index >= 15 is 0 Å². The summed E-state index contributed by atoms with van der Waals surface area (Å²) in [5, 5.41) is 6.54. The predicted molar refractivity (Wildman–Crippen MR) is 119 cm³/mol. The van der Waals surface area contributed by atoms with Crippen LogP contribution in [0.15, 0.2) is 46.0 Å². The minimum atomic E-state index is -0.404. The summed E-state index contributed by atoms with van der Waals surface area (Å²) in [7, 11) is 1.74. The number of aliphatic imine (C=N–C) groups is 1. The molecule has 0 saturated heterocycles. The maximum absolute atomic E-state index is 11.7. The summed E-state index contributed by atoms with van der Waals surface area (Å²) in [5.41, 5.74) is 1.37. The molecule has 1 heterocycles. The van der Waals surface area contributed by atoms with E-state index < -0.39 is 5.60 Å². The highest BCUT2D eigenvalue weighted by Crippen LogP contribution is 2.17. The number of carbonyl (C=O) groups is 1. The molecule has 2 aromatic rings. The lowest BCUT2D eigenvalue weighted by Gasteiger charge is -2.19. The van der Waals surface area contributed by atoms with Crippen molar-refractivity contribution in [3.05, 3.63) is 42.3 Å². The number of hydrogen-bond donors (Lipinski definition) is 2. The minimum Gasteiger partial charge on any atom is -0.460 e. The number of guanidine groups is 1. The summed E-state index contributed by atoms with van der Waals surface area (Å²) in [6, 6.07) is 9.82. The number of esters is 1. The summed E-state index contributed by atoms with van der Waals surface area (Å²) in [4.78, 5) is 20.4. The number of oxazole rings is 1. The Labute approximate surface area is 179 Å². The molecule has 0 atom stereocenters. The molecule has 0 fully saturated rings. The summed E-state index contributed by atoms with van der Waals surface area (Å²) in [6.45, 7) is 7.03. The SMILES string of the molecule is CN=C(NCCCCCCC(=O)OC(C)(C)C)NCc1coc(-c2ccccc2)n1. The van der Waals surface area contributed by atoms with Crippen molar-refractivity contribution in [1.82, 2.24) is 15.6 Å². The topological polar surface area (TPSA) is 88.8 Å². The molecule has 1 aromatic heterocycles. The van der Waals surface area contributed by atoms with E-state index in [0.717, 1.165) is 49.4 Å². The highest BCUT2D eigenvalue weighted by atomic mass is 16.6. The van der Waals surface area contributed by atoms with E-state index in [4.69, 9.17) is 9.15 Å². The molecule has 2 rings (SSSR count). The van der Waals surface area contributed by atoms with E-state index in [1.807, 2.05) is 51.1 Å². The van der Waals surface area contributed by atoms with E-state index in [2.05, 4.69) is 20.6 Å². The third-order valence-corrected chi connectivity index (χ3v) is 4.25. The molecule has 0 unspecified atom stereocenters. The van der Waals surface area contributed by atoms with Crippen LogP contribution >= 0.6 is 0 Å². The van der Waals surface area contributed by atoms with E-state index in [9.17, 15) is 4.79 Å². The van der Waals surface area contributed by atoms with Gasteiger partial charge in [-0.05, 0) is 45.7 Å². The maximum Gasteiger partial charge on any atom is 0.306 e. The summed E-state index contributed by atoms with van der Waals surface area (Å²) >= 11 is 0. The average Bonchev–Trinajstić information content (AvgIpc) is 3.18. The van der Waals surface area contributed by atoms with Gasteiger partial charge in [-0.25, -0.2) is 4.98 Å². The second-order valence-corrected chi connectivity index (χ2v) is 8.11. The van der Waals surface area contributed by atoms with Crippen LogP contribution in [0.4, 0.5) is 0 Å². The summed E-state index contributed by atoms with van der Waals surface area (Å²) in [5.74, 6) is 1.23. The van der Waals surface area contributed by atoms with Crippen molar-refractivity contribution in [2.75, 3.05) is 13.6 Å². The quantitative estimate of drug-likeness (QED) is 0.261. The first-order valence-corrected chi connectivity index (χ1v) is 10.5. The van der Waals surface area contributed by atoms with Crippen molar-refractivity contribution in [2.45, 2.75) is 65.0 Å². The van der Waals surface area contributed by atoms with Crippen LogP contribution in [0.25, 0.3) is 11.5 Å². The number of hydrogen-bond acceptors (Lipinski definition) is 5. The van der Waals surface area contributed by atoms with Crippen LogP contribution in [0.2, 0.25) is 0 Å². The first-order valence-electron chi connectivity index (χ1n) is 10.5. The zero-order valence-electron chi connectivity index (χ0n) is 18.5. The van der Waals surface area contributed by atoms with Gasteiger partial charge in [0.25, 0.3) is 0 Å². The molecule has 0 saturated carbocycles. The molecule has 164 valence electrons. The number of unbranched alkanes of at least 4 members (excludes halogenated alkanes) is 3. The molecule has 0 aliphatic heterocycles. The molecule has 0 aliphatic rings. The molecular formula is C23H34N4O3. The van der Waals surface area contributed by atoms with Crippen LogP contribution in [0.1, 0.15) is 58.6 Å². The lowest BCUT2D eigenvalue weighted by Crippen LogP contribution is -2.37. The van der Waals surface area contributed by atoms with Gasteiger partial charge in [0.1, 0.15) is 11.9 Å². The third-order valence-electron chi connectivity index (χ3n) is 4.25. The van der Waals surface area contributed by atoms with Crippen LogP contribution in [-0.2, 0) is 16.1 Å². The molecule has 0 spiro atoms. The maximum atomic E-state index is 11.7. The third kappa shape index (κ3) is 9.11. The normalized spacial score (nSPS) is 11.9. The van der Waals surface area contributed by atoms with Gasteiger partial charge in [0.15, 0.2) is 5.96 Å². The largest absolute Gasteiger partial charge is 0.460 e. The van der Waals surface area contributed by atoms with E-state index in [-0.39, 0.29) is 5.97 Å². The minimum absolute atomic E-state index is 0.117. The number of nitrogens with zero attached hydrogens (tertiary/aromatic N) is 2. The van der Waals surface area contributed by atoms with Gasteiger partial charge < -0.3 is 19.8 Å². The molecule has 0 radical (unpaired) electrons. The Morgan fingerprint density at radius 2 is 1.83 bits per heavy atom. The lowest BCUT2D eigenvalue weighted by atomic mass is 10.1. The highest BCUT2D eigenvalue weighted by Gasteiger charge is 2.15. The zero-order valence-corrected chi connectivity index (χ0v) is 18.5. The van der Waals surface area contributed by atoms with Gasteiger partial charge in [0.2, 0.25) is 5.89 Å². The van der Waals surface area contributed by atoms with Gasteiger partial charge in [-0.1, -0.05) is 31.0 Å². The van der Waals surface area contributed by atoms with Gasteiger partial charge in [-0.3, -0.25) is 9.79 Å². The van der Waals surface area contributed by atoms with Gasteiger partial charge in [0, 0.05) is 25.6 Å². The van der Waals surface area contributed by atoms with Crippen LogP contribution in [0.3, 0.4) is 0 Å². The van der Waals surface area contributed by atoms with Crippen LogP contribution in [0, 0.1) is 0 Å². The van der Waals surface area contributed by atoms with Gasteiger partial charge in [0.05, 0.1) is 12.2 Å². The van der Waals surface area contributed by atoms with Gasteiger partial charge in [-0.2, -0.15) is 0 Å². The summed E-state index contributed by atoms with van der Waals surface area (Å²) < 4.78 is 10.9. The first kappa shape index (κ1) is 23.4. The molecule has 7 nitrogen and oxygen atoms in total. The molecule has 7 heteroatoms. The van der Waals surface area contributed by atoms with Gasteiger partial charge >= 0.3 is 5.97 Å². The zero-order chi connectivity index (χ0) is 21.8. The average molecular weight is 415 g/mol. The Hall–Kier alpha value is -2.83. The number of carbonyl (C=O) groups excluding carboxylic acids is 1. The molecule has 1 aromatic carbocycles. The lowest BCUT2D eigenvalue weighted by molar-refractivity contribution is -0.154. The highest BCUT2D eigenvalue weighted by molar-refractivity contribution is 5.79. The molecule has 0 bridgehead atoms. The number of benzene rings is 1. The smallest absolute Gasteiger partial charge is 0.306 e. The van der Waals surface area contributed by atoms with Gasteiger partial charge in [-0.15, -0.1) is 0 Å². The fraction of sp³-hybridized carbons (Fsp3) is 0.522. The standard InChI is InChI=1S/C23H34N4O3/c1-23(2,3)30-20(28)14-10-5-6-11-15-25-22(24-4)26-16-19-17-29-21(27-19)18-12-8-7-9-13-18/h7-9,12-13,17H,5-6,10-11,14-16H2,1-4H3,(H2,24,25,26). The van der Waals surface area contributed by atoms with Crippen molar-refractivity contribution in [1.29, 1.82) is 0 Å². The Balaban J connectivity index is 1.58. The van der Waals surface area contributed by atoms with Crippen molar-refractivity contribution in [2.24, 2.45) is 4.99 Å². The van der Waals surface area contributed by atoms with Crippen LogP contribution in [0.5, 0.6) is 0 Å². The number of ether oxygens (including phenoxy) is 1. The second kappa shape index (κ2) is 12.0. The van der Waals surface area contributed by atoms with Crippen LogP contribution in [-0.4, -0.2) is 36.1 Å². The number of nitrogens with one attached hydrogen (secondary N) is 2. The second-order valence-electron chi connectivity index (χ2n) is 8.11. The van der Waals surface area contributed by atoms with Crippen molar-refractivity contribution >= 4 is 11.9 Å². The monoisotopic (exact) mass is 414 g/mol. The number of aromatic nitrogens is 1. The molecule has 30 heavy (non-hydrogen) atoms. The van der Waals surface area contributed by atoms with Crippen molar-refractivity contribution in [3.8, 4) is 11.5 Å². The van der Waals surface area contributed by atoms with E-state index in [1.54, 1.807) is 13.3 Å². The first-order chi connectivity index (χ1) is 14.4. The molecule has 0 amide bonds. The Kier molecular flexibility index (Phi) is 9.38. The Morgan fingerprint density at radius 1 is 1.10 bits per heavy atom. The van der Waals surface area contributed by atoms with Crippen LogP contribution < -0.4 is 10.6 Å². The predicted octanol–water partition coefficient (Wildman–Crippen LogP) is 4.30. The fourth-order valence-corrected chi connectivity index (χ4v) is 2.84.